The first-order valence-electron chi connectivity index (χ1n) is 3.56. The Kier molecular flexibility index (Phi) is 2.73. The van der Waals surface area contributed by atoms with Gasteiger partial charge in [-0.2, -0.15) is 5.10 Å². The summed E-state index contributed by atoms with van der Waals surface area (Å²) in [6.07, 6.45) is -5.26. The third-order valence-corrected chi connectivity index (χ3v) is 1.55. The molecule has 1 heterocycles. The molecule has 1 rings (SSSR count). The Hall–Kier alpha value is -1.60. The molecule has 8 heteroatoms. The average molecular weight is 209 g/mol. The van der Waals surface area contributed by atoms with Crippen LogP contribution >= 0.6 is 0 Å². The number of halogens is 3. The van der Waals surface area contributed by atoms with Crippen LogP contribution in [0.1, 0.15) is 12.0 Å². The van der Waals surface area contributed by atoms with E-state index in [0.29, 0.717) is 6.20 Å². The van der Waals surface area contributed by atoms with Crippen LogP contribution < -0.4 is 0 Å². The third kappa shape index (κ3) is 1.83. The maximum atomic E-state index is 12.6. The second-order valence-corrected chi connectivity index (χ2v) is 2.54. The zero-order valence-corrected chi connectivity index (χ0v) is 7.02. The normalized spacial score (nSPS) is 13.2. The molecule has 0 spiro atoms. The quantitative estimate of drug-likeness (QED) is 0.563. The van der Waals surface area contributed by atoms with Gasteiger partial charge in [0.25, 0.3) is 12.7 Å². The lowest BCUT2D eigenvalue weighted by Gasteiger charge is -2.05. The number of hydrogen-bond acceptors (Lipinski definition) is 3. The molecule has 1 aromatic heterocycles. The van der Waals surface area contributed by atoms with Crippen LogP contribution in [0, 0.1) is 17.0 Å². The van der Waals surface area contributed by atoms with Gasteiger partial charge in [0.05, 0.1) is 4.92 Å². The maximum absolute atomic E-state index is 12.6. The van der Waals surface area contributed by atoms with Crippen LogP contribution in [-0.4, -0.2) is 21.1 Å². The van der Waals surface area contributed by atoms with Crippen molar-refractivity contribution in [3.05, 3.63) is 22.0 Å². The SMILES string of the molecule is Cc1nn(C(F)C(F)F)cc1[N+](=O)[O-]. The largest absolute Gasteiger partial charge is 0.310 e. The predicted molar refractivity (Wildman–Crippen MR) is 39.8 cm³/mol. The molecule has 0 aromatic carbocycles. The zero-order chi connectivity index (χ0) is 10.9. The summed E-state index contributed by atoms with van der Waals surface area (Å²) in [6, 6.07) is 0. The molecule has 0 aliphatic rings. The van der Waals surface area contributed by atoms with E-state index < -0.39 is 23.3 Å². The Morgan fingerprint density at radius 1 is 1.57 bits per heavy atom. The minimum atomic E-state index is -3.26. The van der Waals surface area contributed by atoms with Crippen molar-refractivity contribution in [1.82, 2.24) is 9.78 Å². The van der Waals surface area contributed by atoms with Gasteiger partial charge in [0.2, 0.25) is 0 Å². The van der Waals surface area contributed by atoms with E-state index in [4.69, 9.17) is 0 Å². The predicted octanol–water partition coefficient (Wildman–Crippen LogP) is 1.83. The molecule has 0 amide bonds. The summed E-state index contributed by atoms with van der Waals surface area (Å²) in [5, 5.41) is 13.5. The van der Waals surface area contributed by atoms with Crippen molar-refractivity contribution >= 4 is 5.69 Å². The highest BCUT2D eigenvalue weighted by Crippen LogP contribution is 2.22. The van der Waals surface area contributed by atoms with Crippen LogP contribution in [0.5, 0.6) is 0 Å². The zero-order valence-electron chi connectivity index (χ0n) is 7.02. The molecular weight excluding hydrogens is 203 g/mol. The Morgan fingerprint density at radius 2 is 2.14 bits per heavy atom. The van der Waals surface area contributed by atoms with Crippen LogP contribution in [0.2, 0.25) is 0 Å². The number of alkyl halides is 3. The fraction of sp³-hybridized carbons (Fsp3) is 0.500. The van der Waals surface area contributed by atoms with E-state index in [1.807, 2.05) is 0 Å². The fourth-order valence-corrected chi connectivity index (χ4v) is 0.893. The second kappa shape index (κ2) is 3.64. The number of aromatic nitrogens is 2. The topological polar surface area (TPSA) is 61.0 Å². The van der Waals surface area contributed by atoms with E-state index in [1.54, 1.807) is 0 Å². The first-order chi connectivity index (χ1) is 6.43. The lowest BCUT2D eigenvalue weighted by Crippen LogP contribution is -2.12. The van der Waals surface area contributed by atoms with Crippen molar-refractivity contribution in [2.45, 2.75) is 19.6 Å². The summed E-state index contributed by atoms with van der Waals surface area (Å²) in [6.45, 7) is 1.24. The number of hydrogen-bond donors (Lipinski definition) is 0. The van der Waals surface area contributed by atoms with Gasteiger partial charge >= 0.3 is 5.69 Å². The van der Waals surface area contributed by atoms with Gasteiger partial charge in [-0.25, -0.2) is 17.9 Å². The van der Waals surface area contributed by atoms with Crippen molar-refractivity contribution in [1.29, 1.82) is 0 Å². The fourth-order valence-electron chi connectivity index (χ4n) is 0.893. The molecule has 1 aromatic rings. The average Bonchev–Trinajstić information content (AvgIpc) is 2.45. The van der Waals surface area contributed by atoms with E-state index in [2.05, 4.69) is 5.10 Å². The van der Waals surface area contributed by atoms with E-state index in [9.17, 15) is 23.3 Å². The Bertz CT molecular complexity index is 352. The molecule has 1 atom stereocenters. The summed E-state index contributed by atoms with van der Waals surface area (Å²) in [4.78, 5) is 9.46. The van der Waals surface area contributed by atoms with Gasteiger partial charge in [0.15, 0.2) is 0 Å². The molecule has 0 saturated carbocycles. The molecule has 0 aliphatic heterocycles. The standard InChI is InChI=1S/C6H6F3N3O2/c1-3-4(12(13)14)2-11(10-3)6(9)5(7)8/h2,5-6H,1H3. The van der Waals surface area contributed by atoms with Gasteiger partial charge in [0, 0.05) is 0 Å². The molecule has 0 aliphatic carbocycles. The maximum Gasteiger partial charge on any atom is 0.310 e. The van der Waals surface area contributed by atoms with Gasteiger partial charge in [-0.1, -0.05) is 0 Å². The summed E-state index contributed by atoms with van der Waals surface area (Å²) < 4.78 is 36.6. The molecule has 1 unspecified atom stereocenters. The lowest BCUT2D eigenvalue weighted by molar-refractivity contribution is -0.385. The molecule has 0 radical (unpaired) electrons. The highest BCUT2D eigenvalue weighted by atomic mass is 19.3. The summed E-state index contributed by atoms with van der Waals surface area (Å²) in [7, 11) is 0. The van der Waals surface area contributed by atoms with Gasteiger partial charge in [-0.3, -0.25) is 10.1 Å². The monoisotopic (exact) mass is 209 g/mol. The van der Waals surface area contributed by atoms with Crippen LogP contribution in [0.4, 0.5) is 18.9 Å². The van der Waals surface area contributed by atoms with Crippen molar-refractivity contribution in [3.8, 4) is 0 Å². The smallest absolute Gasteiger partial charge is 0.258 e. The van der Waals surface area contributed by atoms with Gasteiger partial charge in [0.1, 0.15) is 11.9 Å². The highest BCUT2D eigenvalue weighted by Gasteiger charge is 2.26. The third-order valence-electron chi connectivity index (χ3n) is 1.55. The van der Waals surface area contributed by atoms with Crippen molar-refractivity contribution in [2.24, 2.45) is 0 Å². The molecule has 0 saturated heterocycles. The van der Waals surface area contributed by atoms with Crippen LogP contribution in [0.15, 0.2) is 6.20 Å². The summed E-state index contributed by atoms with van der Waals surface area (Å²) >= 11 is 0. The molecule has 78 valence electrons. The van der Waals surface area contributed by atoms with Gasteiger partial charge in [-0.15, -0.1) is 0 Å². The van der Waals surface area contributed by atoms with E-state index in [-0.39, 0.29) is 10.4 Å². The second-order valence-electron chi connectivity index (χ2n) is 2.54. The van der Waals surface area contributed by atoms with Gasteiger partial charge < -0.3 is 0 Å². The molecule has 14 heavy (non-hydrogen) atoms. The minimum Gasteiger partial charge on any atom is -0.258 e. The lowest BCUT2D eigenvalue weighted by atomic mass is 10.4. The number of nitro groups is 1. The number of aryl methyl sites for hydroxylation is 1. The number of rotatable bonds is 3. The molecule has 0 N–H and O–H groups in total. The van der Waals surface area contributed by atoms with E-state index in [0.717, 1.165) is 0 Å². The van der Waals surface area contributed by atoms with E-state index >= 15 is 0 Å². The van der Waals surface area contributed by atoms with Gasteiger partial charge in [-0.05, 0) is 6.92 Å². The molecule has 5 nitrogen and oxygen atoms in total. The Balaban J connectivity index is 3.02. The highest BCUT2D eigenvalue weighted by molar-refractivity contribution is 5.31. The molecule has 0 bridgehead atoms. The first-order valence-corrected chi connectivity index (χ1v) is 3.56. The van der Waals surface area contributed by atoms with Crippen molar-refractivity contribution in [3.63, 3.8) is 0 Å². The van der Waals surface area contributed by atoms with Crippen LogP contribution in [-0.2, 0) is 0 Å². The Morgan fingerprint density at radius 3 is 2.50 bits per heavy atom. The van der Waals surface area contributed by atoms with E-state index in [1.165, 1.54) is 6.92 Å². The van der Waals surface area contributed by atoms with Crippen LogP contribution in [0.25, 0.3) is 0 Å². The van der Waals surface area contributed by atoms with Crippen molar-refractivity contribution in [2.75, 3.05) is 0 Å². The minimum absolute atomic E-state index is 0.0988. The number of nitrogens with zero attached hydrogens (tertiary/aromatic N) is 3. The molecule has 0 fully saturated rings. The Labute approximate surface area is 76.3 Å². The summed E-state index contributed by atoms with van der Waals surface area (Å²) in [5.41, 5.74) is -0.577. The molecular formula is C6H6F3N3O2. The van der Waals surface area contributed by atoms with Crippen molar-refractivity contribution < 1.29 is 18.1 Å². The first kappa shape index (κ1) is 10.5. The summed E-state index contributed by atoms with van der Waals surface area (Å²) in [5.74, 6) is 0. The van der Waals surface area contributed by atoms with Crippen LogP contribution in [0.3, 0.4) is 0 Å².